The van der Waals surface area contributed by atoms with E-state index < -0.39 is 0 Å². The maximum absolute atomic E-state index is 11.4. The lowest BCUT2D eigenvalue weighted by atomic mass is 9.94. The molecule has 88 valence electrons. The largest absolute Gasteiger partial charge is 0.364 e. The Bertz CT molecular complexity index is 532. The van der Waals surface area contributed by atoms with Gasteiger partial charge >= 0.3 is 0 Å². The first-order chi connectivity index (χ1) is 8.16. The number of fused-ring (bicyclic) bond motifs is 4. The number of nitrogens with zero attached hydrogens (tertiary/aromatic N) is 1. The van der Waals surface area contributed by atoms with Gasteiger partial charge in [-0.15, -0.1) is 0 Å². The van der Waals surface area contributed by atoms with Gasteiger partial charge in [-0.3, -0.25) is 10.1 Å². The SMILES string of the molecule is CC1CCc2cc3c(c([N+](=O)[O-])c21)C1OC1C3. The van der Waals surface area contributed by atoms with Gasteiger partial charge in [0.15, 0.2) is 0 Å². The minimum absolute atomic E-state index is 0.0171. The van der Waals surface area contributed by atoms with E-state index in [0.717, 1.165) is 36.0 Å². The van der Waals surface area contributed by atoms with Crippen LogP contribution in [-0.2, 0) is 17.6 Å². The Balaban J connectivity index is 2.03. The Morgan fingerprint density at radius 2 is 2.24 bits per heavy atom. The van der Waals surface area contributed by atoms with E-state index in [1.165, 1.54) is 5.56 Å². The van der Waals surface area contributed by atoms with E-state index >= 15 is 0 Å². The van der Waals surface area contributed by atoms with Gasteiger partial charge in [0.25, 0.3) is 5.69 Å². The molecule has 4 nitrogen and oxygen atoms in total. The van der Waals surface area contributed by atoms with Gasteiger partial charge in [0.05, 0.1) is 16.6 Å². The van der Waals surface area contributed by atoms with Crippen molar-refractivity contribution >= 4 is 5.69 Å². The molecule has 0 N–H and O–H groups in total. The van der Waals surface area contributed by atoms with Gasteiger partial charge in [0.1, 0.15) is 6.10 Å². The second kappa shape index (κ2) is 2.88. The van der Waals surface area contributed by atoms with Gasteiger partial charge in [-0.05, 0) is 29.9 Å². The van der Waals surface area contributed by atoms with Crippen LogP contribution < -0.4 is 0 Å². The van der Waals surface area contributed by atoms with Crippen LogP contribution in [0.3, 0.4) is 0 Å². The monoisotopic (exact) mass is 231 g/mol. The molecule has 0 saturated carbocycles. The fourth-order valence-corrected chi connectivity index (χ4v) is 3.54. The van der Waals surface area contributed by atoms with Crippen molar-refractivity contribution in [3.05, 3.63) is 38.4 Å². The number of benzene rings is 1. The van der Waals surface area contributed by atoms with Crippen LogP contribution in [0.2, 0.25) is 0 Å². The van der Waals surface area contributed by atoms with E-state index in [1.54, 1.807) is 0 Å². The zero-order chi connectivity index (χ0) is 11.7. The van der Waals surface area contributed by atoms with Crippen LogP contribution >= 0.6 is 0 Å². The summed E-state index contributed by atoms with van der Waals surface area (Å²) >= 11 is 0. The molecule has 3 aliphatic rings. The molecular formula is C13H13NO3. The molecule has 1 aromatic rings. The minimum Gasteiger partial charge on any atom is -0.364 e. The van der Waals surface area contributed by atoms with Crippen molar-refractivity contribution in [2.24, 2.45) is 0 Å². The summed E-state index contributed by atoms with van der Waals surface area (Å²) in [6, 6.07) is 2.19. The number of nitro benzene ring substituents is 1. The van der Waals surface area contributed by atoms with Gasteiger partial charge in [-0.2, -0.15) is 0 Å². The zero-order valence-electron chi connectivity index (χ0n) is 9.60. The molecule has 2 aliphatic carbocycles. The summed E-state index contributed by atoms with van der Waals surface area (Å²) in [7, 11) is 0. The average Bonchev–Trinajstić information content (AvgIpc) is 2.82. The fraction of sp³-hybridized carbons (Fsp3) is 0.538. The lowest BCUT2D eigenvalue weighted by Crippen LogP contribution is -2.03. The summed E-state index contributed by atoms with van der Waals surface area (Å²) in [5.41, 5.74) is 4.58. The molecule has 4 rings (SSSR count). The molecule has 0 bridgehead atoms. The molecule has 4 heteroatoms. The van der Waals surface area contributed by atoms with E-state index in [-0.39, 0.29) is 17.1 Å². The average molecular weight is 231 g/mol. The van der Waals surface area contributed by atoms with Crippen LogP contribution in [0, 0.1) is 10.1 Å². The molecule has 0 spiro atoms. The molecular weight excluding hydrogens is 218 g/mol. The quantitative estimate of drug-likeness (QED) is 0.424. The van der Waals surface area contributed by atoms with Crippen molar-refractivity contribution in [1.29, 1.82) is 0 Å². The lowest BCUT2D eigenvalue weighted by molar-refractivity contribution is -0.386. The van der Waals surface area contributed by atoms with Crippen molar-refractivity contribution in [2.45, 2.75) is 44.3 Å². The highest BCUT2D eigenvalue weighted by molar-refractivity contribution is 5.63. The molecule has 17 heavy (non-hydrogen) atoms. The maximum Gasteiger partial charge on any atom is 0.279 e. The third kappa shape index (κ3) is 1.11. The summed E-state index contributed by atoms with van der Waals surface area (Å²) in [6.07, 6.45) is 3.13. The van der Waals surface area contributed by atoms with E-state index in [1.807, 2.05) is 0 Å². The number of hydrogen-bond acceptors (Lipinski definition) is 3. The minimum atomic E-state index is -0.191. The van der Waals surface area contributed by atoms with Gasteiger partial charge in [0, 0.05) is 12.0 Å². The van der Waals surface area contributed by atoms with Crippen LogP contribution in [0.5, 0.6) is 0 Å². The van der Waals surface area contributed by atoms with E-state index in [4.69, 9.17) is 4.74 Å². The first kappa shape index (κ1) is 9.59. The van der Waals surface area contributed by atoms with E-state index in [2.05, 4.69) is 13.0 Å². The molecule has 1 aromatic carbocycles. The topological polar surface area (TPSA) is 55.7 Å². The highest BCUT2D eigenvalue weighted by Crippen LogP contribution is 2.55. The number of rotatable bonds is 1. The highest BCUT2D eigenvalue weighted by Gasteiger charge is 2.52. The third-order valence-corrected chi connectivity index (χ3v) is 4.36. The predicted octanol–water partition coefficient (Wildman–Crippen LogP) is 2.64. The molecule has 1 aliphatic heterocycles. The predicted molar refractivity (Wildman–Crippen MR) is 61.2 cm³/mol. The molecule has 0 radical (unpaired) electrons. The van der Waals surface area contributed by atoms with Crippen molar-refractivity contribution in [3.63, 3.8) is 0 Å². The summed E-state index contributed by atoms with van der Waals surface area (Å²) < 4.78 is 5.46. The summed E-state index contributed by atoms with van der Waals surface area (Å²) in [4.78, 5) is 11.2. The van der Waals surface area contributed by atoms with Crippen molar-refractivity contribution in [2.75, 3.05) is 0 Å². The van der Waals surface area contributed by atoms with Crippen molar-refractivity contribution in [1.82, 2.24) is 0 Å². The van der Waals surface area contributed by atoms with Gasteiger partial charge < -0.3 is 4.74 Å². The van der Waals surface area contributed by atoms with Gasteiger partial charge in [0.2, 0.25) is 0 Å². The number of nitro groups is 1. The summed E-state index contributed by atoms with van der Waals surface area (Å²) in [5, 5.41) is 11.4. The van der Waals surface area contributed by atoms with Crippen molar-refractivity contribution in [3.8, 4) is 0 Å². The fourth-order valence-electron chi connectivity index (χ4n) is 3.54. The summed E-state index contributed by atoms with van der Waals surface area (Å²) in [5.74, 6) is 0.313. The Hall–Kier alpha value is -1.42. The van der Waals surface area contributed by atoms with E-state index in [9.17, 15) is 10.1 Å². The maximum atomic E-state index is 11.4. The van der Waals surface area contributed by atoms with Crippen LogP contribution in [0.4, 0.5) is 5.69 Å². The van der Waals surface area contributed by atoms with Gasteiger partial charge in [-0.25, -0.2) is 0 Å². The molecule has 3 atom stereocenters. The molecule has 0 amide bonds. The van der Waals surface area contributed by atoms with Gasteiger partial charge in [-0.1, -0.05) is 13.0 Å². The Labute approximate surface area is 98.7 Å². The van der Waals surface area contributed by atoms with Crippen LogP contribution in [0.15, 0.2) is 6.07 Å². The molecule has 1 heterocycles. The Kier molecular flexibility index (Phi) is 1.62. The van der Waals surface area contributed by atoms with E-state index in [0.29, 0.717) is 11.6 Å². The summed E-state index contributed by atoms with van der Waals surface area (Å²) in [6.45, 7) is 2.09. The normalized spacial score (nSPS) is 31.9. The Morgan fingerprint density at radius 1 is 1.41 bits per heavy atom. The number of aryl methyl sites for hydroxylation is 1. The molecule has 0 aromatic heterocycles. The molecule has 1 fully saturated rings. The molecule has 1 saturated heterocycles. The molecule has 3 unspecified atom stereocenters. The lowest BCUT2D eigenvalue weighted by Gasteiger charge is -2.11. The first-order valence-corrected chi connectivity index (χ1v) is 6.15. The Morgan fingerprint density at radius 3 is 3.00 bits per heavy atom. The second-order valence-corrected chi connectivity index (χ2v) is 5.37. The smallest absolute Gasteiger partial charge is 0.279 e. The number of hydrogen-bond donors (Lipinski definition) is 0. The zero-order valence-corrected chi connectivity index (χ0v) is 9.60. The van der Waals surface area contributed by atoms with Crippen molar-refractivity contribution < 1.29 is 9.66 Å². The first-order valence-electron chi connectivity index (χ1n) is 6.15. The van der Waals surface area contributed by atoms with Crippen LogP contribution in [0.1, 0.15) is 47.6 Å². The van der Waals surface area contributed by atoms with Crippen LogP contribution in [0.25, 0.3) is 0 Å². The number of epoxide rings is 1. The standard InChI is InChI=1S/C13H13NO3/c1-6-2-3-7-4-8-5-9-13(17-9)11(8)12(10(6)7)14(15)16/h4,6,9,13H,2-3,5H2,1H3. The highest BCUT2D eigenvalue weighted by atomic mass is 16.6. The second-order valence-electron chi connectivity index (χ2n) is 5.37. The third-order valence-electron chi connectivity index (χ3n) is 4.36. The van der Waals surface area contributed by atoms with Crippen LogP contribution in [-0.4, -0.2) is 11.0 Å². The number of ether oxygens (including phenoxy) is 1.